The van der Waals surface area contributed by atoms with Crippen molar-refractivity contribution in [2.45, 2.75) is 4.84 Å². The predicted molar refractivity (Wildman–Crippen MR) is 184 cm³/mol. The Bertz CT molecular complexity index is 2460. The number of aromatic nitrogens is 4. The fourth-order valence-electron chi connectivity index (χ4n) is 6.60. The number of hydrogen-bond acceptors (Lipinski definition) is 3. The van der Waals surface area contributed by atoms with Crippen molar-refractivity contribution in [1.82, 2.24) is 26.1 Å². The van der Waals surface area contributed by atoms with Crippen LogP contribution in [0.3, 0.4) is 0 Å². The number of aromatic amines is 2. The topological polar surface area (TPSA) is 92.4 Å². The van der Waals surface area contributed by atoms with E-state index in [1.807, 2.05) is 24.3 Å². The van der Waals surface area contributed by atoms with E-state index in [-0.39, 0.29) is 6.15 Å². The van der Waals surface area contributed by atoms with Crippen LogP contribution in [0.5, 0.6) is 0 Å². The van der Waals surface area contributed by atoms with Crippen molar-refractivity contribution in [1.29, 1.82) is 0 Å². The van der Waals surface area contributed by atoms with E-state index in [4.69, 9.17) is 33.2 Å². The first-order chi connectivity index (χ1) is 21.1. The SMILES string of the molecule is ClC(Cl)c1c2nc(cc3[nH]c(cc4nc(cc5[nH]c1c1ccccc51)-c1ccccc1-4)c1ccccc31)-c1ccccc1-2.N. The molecule has 0 unspecified atom stereocenters. The highest BCUT2D eigenvalue weighted by Gasteiger charge is 2.25. The van der Waals surface area contributed by atoms with Gasteiger partial charge in [0.25, 0.3) is 0 Å². The molecule has 5 heterocycles. The van der Waals surface area contributed by atoms with E-state index < -0.39 is 4.84 Å². The Balaban J connectivity index is 0.00000289. The number of H-pyrrole nitrogens is 2. The molecule has 0 saturated heterocycles. The first kappa shape index (κ1) is 26.7. The molecule has 5 nitrogen and oxygen atoms in total. The van der Waals surface area contributed by atoms with E-state index in [1.54, 1.807) is 0 Å². The molecule has 0 atom stereocenters. The van der Waals surface area contributed by atoms with Crippen LogP contribution < -0.4 is 6.15 Å². The maximum atomic E-state index is 6.83. The maximum absolute atomic E-state index is 6.83. The average molecular weight is 611 g/mol. The van der Waals surface area contributed by atoms with Gasteiger partial charge in [0.2, 0.25) is 0 Å². The number of rotatable bonds is 1. The zero-order valence-electron chi connectivity index (χ0n) is 23.4. The summed E-state index contributed by atoms with van der Waals surface area (Å²) >= 11 is 13.7. The maximum Gasteiger partial charge on any atom is 0.136 e. The highest BCUT2D eigenvalue weighted by Crippen LogP contribution is 2.45. The molecule has 4 aromatic carbocycles. The zero-order valence-corrected chi connectivity index (χ0v) is 24.9. The summed E-state index contributed by atoms with van der Waals surface area (Å²) in [5.41, 5.74) is 12.2. The van der Waals surface area contributed by atoms with Gasteiger partial charge in [-0.1, -0.05) is 120 Å². The zero-order chi connectivity index (χ0) is 28.7. The minimum Gasteiger partial charge on any atom is -0.354 e. The largest absolute Gasteiger partial charge is 0.354 e. The average Bonchev–Trinajstić information content (AvgIpc) is 3.77. The molecule has 0 spiro atoms. The fraction of sp³-hybridized carbons (Fsp3) is 0.0270. The Hall–Kier alpha value is -4.94. The van der Waals surface area contributed by atoms with E-state index in [0.29, 0.717) is 0 Å². The Morgan fingerprint density at radius 2 is 0.886 bits per heavy atom. The number of alkyl halides is 2. The summed E-state index contributed by atoms with van der Waals surface area (Å²) in [5.74, 6) is 0. The summed E-state index contributed by atoms with van der Waals surface area (Å²) in [4.78, 5) is 17.0. The van der Waals surface area contributed by atoms with Gasteiger partial charge < -0.3 is 16.1 Å². The van der Waals surface area contributed by atoms with E-state index >= 15 is 0 Å². The van der Waals surface area contributed by atoms with Gasteiger partial charge in [0.05, 0.1) is 28.3 Å². The van der Waals surface area contributed by atoms with Gasteiger partial charge in [-0.3, -0.25) is 0 Å². The van der Waals surface area contributed by atoms with Crippen LogP contribution in [-0.2, 0) is 0 Å². The highest BCUT2D eigenvalue weighted by molar-refractivity contribution is 6.45. The number of halogens is 2. The first-order valence-corrected chi connectivity index (χ1v) is 15.0. The van der Waals surface area contributed by atoms with Gasteiger partial charge in [-0.15, -0.1) is 0 Å². The van der Waals surface area contributed by atoms with Gasteiger partial charge in [0, 0.05) is 65.9 Å². The van der Waals surface area contributed by atoms with Crippen molar-refractivity contribution in [3.8, 4) is 45.0 Å². The third kappa shape index (κ3) is 3.91. The lowest BCUT2D eigenvalue weighted by molar-refractivity contribution is 1.30. The molecule has 0 fully saturated rings. The number of fused-ring (bicyclic) bond motifs is 20. The van der Waals surface area contributed by atoms with Crippen LogP contribution in [0.2, 0.25) is 0 Å². The van der Waals surface area contributed by atoms with Crippen LogP contribution in [0.25, 0.3) is 88.6 Å². The minimum atomic E-state index is -0.822. The molecule has 7 heteroatoms. The van der Waals surface area contributed by atoms with Crippen molar-refractivity contribution in [2.75, 3.05) is 0 Å². The Morgan fingerprint density at radius 3 is 1.43 bits per heavy atom. The lowest BCUT2D eigenvalue weighted by Crippen LogP contribution is -1.89. The van der Waals surface area contributed by atoms with Crippen LogP contribution in [0.15, 0.2) is 115 Å². The highest BCUT2D eigenvalue weighted by atomic mass is 35.5. The molecule has 0 aliphatic carbocycles. The molecule has 212 valence electrons. The molecule has 2 aliphatic rings. The van der Waals surface area contributed by atoms with E-state index in [2.05, 4.69) is 101 Å². The molecule has 9 rings (SSSR count). The lowest BCUT2D eigenvalue weighted by Gasteiger charge is -2.07. The van der Waals surface area contributed by atoms with Crippen molar-refractivity contribution >= 4 is 66.8 Å². The van der Waals surface area contributed by atoms with Gasteiger partial charge in [0.1, 0.15) is 4.84 Å². The summed E-state index contributed by atoms with van der Waals surface area (Å²) in [5, 5.41) is 4.33. The molecule has 0 saturated carbocycles. The first-order valence-electron chi connectivity index (χ1n) is 14.2. The van der Waals surface area contributed by atoms with Crippen molar-refractivity contribution in [2.24, 2.45) is 0 Å². The smallest absolute Gasteiger partial charge is 0.136 e. The van der Waals surface area contributed by atoms with Gasteiger partial charge in [-0.25, -0.2) is 9.97 Å². The molecule has 44 heavy (non-hydrogen) atoms. The molecule has 7 aromatic rings. The van der Waals surface area contributed by atoms with Crippen LogP contribution in [0.1, 0.15) is 10.4 Å². The van der Waals surface area contributed by atoms with Crippen LogP contribution >= 0.6 is 23.2 Å². The molecule has 5 N–H and O–H groups in total. The summed E-state index contributed by atoms with van der Waals surface area (Å²) < 4.78 is 0. The molecular formula is C37H25Cl2N5. The molecule has 3 aromatic heterocycles. The molecule has 8 bridgehead atoms. The second kappa shape index (κ2) is 10.1. The summed E-state index contributed by atoms with van der Waals surface area (Å²) in [7, 11) is 0. The van der Waals surface area contributed by atoms with Crippen molar-refractivity contribution < 1.29 is 0 Å². The summed E-state index contributed by atoms with van der Waals surface area (Å²) in [6.07, 6.45) is 0. The van der Waals surface area contributed by atoms with Crippen molar-refractivity contribution in [3.05, 3.63) is 121 Å². The molecule has 0 radical (unpaired) electrons. The van der Waals surface area contributed by atoms with Gasteiger partial charge >= 0.3 is 0 Å². The number of nitrogens with zero attached hydrogens (tertiary/aromatic N) is 2. The van der Waals surface area contributed by atoms with Gasteiger partial charge in [-0.2, -0.15) is 0 Å². The molecular weight excluding hydrogens is 585 g/mol. The minimum absolute atomic E-state index is 0. The van der Waals surface area contributed by atoms with E-state index in [1.165, 1.54) is 0 Å². The van der Waals surface area contributed by atoms with Crippen LogP contribution in [-0.4, -0.2) is 19.9 Å². The molecule has 2 aliphatic heterocycles. The number of nitrogens with one attached hydrogen (secondary N) is 2. The van der Waals surface area contributed by atoms with Crippen molar-refractivity contribution in [3.63, 3.8) is 0 Å². The lowest BCUT2D eigenvalue weighted by atomic mass is 10.0. The second-order valence-corrected chi connectivity index (χ2v) is 12.0. The standard InChI is InChI=1S/C37H22Cl2N4.H3N/c38-37(39)34-35-26-15-7-5-13-24(26)32(42-35)18-30-22-11-3-1-9-20(22)28(40-30)17-29-21-10-2-4-12-23(21)31(41-29)19-33-25-14-6-8-16-27(25)36(34)43-33;/h1-19,37,40,43H;1H3. The second-order valence-electron chi connectivity index (χ2n) is 10.9. The third-order valence-electron chi connectivity index (χ3n) is 8.52. The number of hydrogen-bond donors (Lipinski definition) is 3. The quantitative estimate of drug-likeness (QED) is 0.161. The predicted octanol–water partition coefficient (Wildman–Crippen LogP) is 10.9. The van der Waals surface area contributed by atoms with E-state index in [9.17, 15) is 0 Å². The number of benzene rings is 4. The molecule has 0 amide bonds. The summed E-state index contributed by atoms with van der Waals surface area (Å²) in [6, 6.07) is 39.8. The Kier molecular flexibility index (Phi) is 6.10. The fourth-order valence-corrected chi connectivity index (χ4v) is 7.03. The normalized spacial score (nSPS) is 11.9. The van der Waals surface area contributed by atoms with Gasteiger partial charge in [-0.05, 0) is 18.2 Å². The van der Waals surface area contributed by atoms with Crippen LogP contribution in [0.4, 0.5) is 0 Å². The summed E-state index contributed by atoms with van der Waals surface area (Å²) in [6.45, 7) is 0. The third-order valence-corrected chi connectivity index (χ3v) is 8.96. The van der Waals surface area contributed by atoms with Crippen LogP contribution in [0, 0.1) is 0 Å². The Morgan fingerprint density at radius 1 is 0.477 bits per heavy atom. The van der Waals surface area contributed by atoms with Gasteiger partial charge in [0.15, 0.2) is 0 Å². The Labute approximate surface area is 262 Å². The monoisotopic (exact) mass is 609 g/mol. The van der Waals surface area contributed by atoms with E-state index in [0.717, 1.165) is 94.2 Å².